The van der Waals surface area contributed by atoms with Crippen LogP contribution in [0.4, 0.5) is 5.69 Å². The van der Waals surface area contributed by atoms with Crippen molar-refractivity contribution in [3.63, 3.8) is 0 Å². The van der Waals surface area contributed by atoms with Gasteiger partial charge in [0.15, 0.2) is 0 Å². The zero-order valence-corrected chi connectivity index (χ0v) is 7.91. The third-order valence-corrected chi connectivity index (χ3v) is 2.26. The third kappa shape index (κ3) is 1.40. The molecule has 0 saturated carbocycles. The van der Waals surface area contributed by atoms with Gasteiger partial charge < -0.3 is 5.32 Å². The molecule has 0 aliphatic heterocycles. The van der Waals surface area contributed by atoms with E-state index in [-0.39, 0.29) is 0 Å². The fourth-order valence-corrected chi connectivity index (χ4v) is 1.47. The van der Waals surface area contributed by atoms with Crippen molar-refractivity contribution < 1.29 is 0 Å². The van der Waals surface area contributed by atoms with Crippen molar-refractivity contribution in [2.75, 3.05) is 12.4 Å². The van der Waals surface area contributed by atoms with Gasteiger partial charge in [-0.15, -0.1) is 0 Å². The Morgan fingerprint density at radius 2 is 1.79 bits per heavy atom. The highest BCUT2D eigenvalue weighted by atomic mass is 14.8. The maximum absolute atomic E-state index is 8.74. The molecule has 1 N–H and O–H groups in total. The Morgan fingerprint density at radius 3 is 2.50 bits per heavy atom. The largest absolute Gasteiger partial charge is 0.388 e. The van der Waals surface area contributed by atoms with Crippen LogP contribution in [0.25, 0.3) is 10.8 Å². The van der Waals surface area contributed by atoms with E-state index in [1.165, 1.54) is 0 Å². The number of nitriles is 1. The van der Waals surface area contributed by atoms with E-state index < -0.39 is 0 Å². The van der Waals surface area contributed by atoms with E-state index in [9.17, 15) is 0 Å². The van der Waals surface area contributed by atoms with Crippen molar-refractivity contribution in [1.29, 1.82) is 5.26 Å². The van der Waals surface area contributed by atoms with E-state index in [2.05, 4.69) is 17.5 Å². The van der Waals surface area contributed by atoms with Gasteiger partial charge in [0.05, 0.1) is 11.6 Å². The van der Waals surface area contributed by atoms with Gasteiger partial charge >= 0.3 is 0 Å². The number of fused-ring (bicyclic) bond motifs is 1. The highest BCUT2D eigenvalue weighted by Gasteiger charge is 1.96. The summed E-state index contributed by atoms with van der Waals surface area (Å²) < 4.78 is 0. The molecule has 68 valence electrons. The lowest BCUT2D eigenvalue weighted by Crippen LogP contribution is -1.87. The van der Waals surface area contributed by atoms with Gasteiger partial charge in [-0.1, -0.05) is 12.1 Å². The predicted molar refractivity (Wildman–Crippen MR) is 58.2 cm³/mol. The fourth-order valence-electron chi connectivity index (χ4n) is 1.47. The highest BCUT2D eigenvalue weighted by molar-refractivity contribution is 5.86. The summed E-state index contributed by atoms with van der Waals surface area (Å²) >= 11 is 0. The molecule has 0 fully saturated rings. The van der Waals surface area contributed by atoms with Gasteiger partial charge in [-0.05, 0) is 35.0 Å². The monoisotopic (exact) mass is 182 g/mol. The first-order valence-electron chi connectivity index (χ1n) is 4.45. The van der Waals surface area contributed by atoms with Crippen LogP contribution in [0.5, 0.6) is 0 Å². The summed E-state index contributed by atoms with van der Waals surface area (Å²) in [7, 11) is 1.89. The molecule has 0 radical (unpaired) electrons. The second-order valence-corrected chi connectivity index (χ2v) is 3.14. The van der Waals surface area contributed by atoms with Crippen molar-refractivity contribution in [2.45, 2.75) is 0 Å². The normalized spacial score (nSPS) is 9.71. The minimum atomic E-state index is 0.703. The van der Waals surface area contributed by atoms with Crippen LogP contribution in [0.3, 0.4) is 0 Å². The predicted octanol–water partition coefficient (Wildman–Crippen LogP) is 2.75. The number of anilines is 1. The molecule has 0 atom stereocenters. The van der Waals surface area contributed by atoms with Crippen LogP contribution in [-0.4, -0.2) is 7.05 Å². The Balaban J connectivity index is 2.64. The number of hydrogen-bond acceptors (Lipinski definition) is 2. The van der Waals surface area contributed by atoms with Crippen LogP contribution in [0.15, 0.2) is 36.4 Å². The van der Waals surface area contributed by atoms with Gasteiger partial charge in [0.1, 0.15) is 0 Å². The molecule has 2 aromatic carbocycles. The Hall–Kier alpha value is -2.01. The topological polar surface area (TPSA) is 35.8 Å². The SMILES string of the molecule is CNc1ccc2cc(C#N)ccc2c1. The molecule has 0 aromatic heterocycles. The molecule has 2 nitrogen and oxygen atoms in total. The lowest BCUT2D eigenvalue weighted by atomic mass is 10.1. The van der Waals surface area contributed by atoms with E-state index in [1.54, 1.807) is 0 Å². The Morgan fingerprint density at radius 1 is 1.07 bits per heavy atom. The fraction of sp³-hybridized carbons (Fsp3) is 0.0833. The van der Waals surface area contributed by atoms with Crippen molar-refractivity contribution in [2.24, 2.45) is 0 Å². The first-order valence-corrected chi connectivity index (χ1v) is 4.45. The van der Waals surface area contributed by atoms with Crippen LogP contribution in [0, 0.1) is 11.3 Å². The zero-order chi connectivity index (χ0) is 9.97. The molecule has 0 saturated heterocycles. The molecular weight excluding hydrogens is 172 g/mol. The van der Waals surface area contributed by atoms with Gasteiger partial charge in [-0.3, -0.25) is 0 Å². The first kappa shape index (κ1) is 8.58. The van der Waals surface area contributed by atoms with E-state index in [0.717, 1.165) is 16.5 Å². The van der Waals surface area contributed by atoms with Crippen molar-refractivity contribution in [1.82, 2.24) is 0 Å². The molecule has 2 heteroatoms. The van der Waals surface area contributed by atoms with Crippen LogP contribution in [-0.2, 0) is 0 Å². The molecule has 0 aliphatic carbocycles. The van der Waals surface area contributed by atoms with Gasteiger partial charge in [-0.25, -0.2) is 0 Å². The van der Waals surface area contributed by atoms with Gasteiger partial charge in [0.25, 0.3) is 0 Å². The number of benzene rings is 2. The van der Waals surface area contributed by atoms with Gasteiger partial charge in [0, 0.05) is 12.7 Å². The zero-order valence-electron chi connectivity index (χ0n) is 7.91. The molecule has 0 aliphatic rings. The summed E-state index contributed by atoms with van der Waals surface area (Å²) in [4.78, 5) is 0. The Kier molecular flexibility index (Phi) is 2.08. The van der Waals surface area contributed by atoms with Crippen LogP contribution in [0.1, 0.15) is 5.56 Å². The van der Waals surface area contributed by atoms with Gasteiger partial charge in [-0.2, -0.15) is 5.26 Å². The molecular formula is C12H10N2. The highest BCUT2D eigenvalue weighted by Crippen LogP contribution is 2.19. The minimum Gasteiger partial charge on any atom is -0.388 e. The Labute approximate surface area is 82.8 Å². The standard InChI is InChI=1S/C12H10N2/c1-14-12-5-4-10-6-9(8-13)2-3-11(10)7-12/h2-7,14H,1H3. The van der Waals surface area contributed by atoms with Crippen LogP contribution in [0.2, 0.25) is 0 Å². The summed E-state index contributed by atoms with van der Waals surface area (Å²) in [5, 5.41) is 14.1. The van der Waals surface area contributed by atoms with E-state index >= 15 is 0 Å². The first-order chi connectivity index (χ1) is 6.83. The van der Waals surface area contributed by atoms with E-state index in [0.29, 0.717) is 5.56 Å². The number of nitrogens with zero attached hydrogens (tertiary/aromatic N) is 1. The summed E-state index contributed by atoms with van der Waals surface area (Å²) in [5.74, 6) is 0. The molecule has 0 spiro atoms. The molecule has 0 heterocycles. The third-order valence-electron chi connectivity index (χ3n) is 2.26. The summed E-state index contributed by atoms with van der Waals surface area (Å²) in [6.07, 6.45) is 0. The maximum atomic E-state index is 8.74. The van der Waals surface area contributed by atoms with Crippen molar-refractivity contribution >= 4 is 16.5 Å². The number of rotatable bonds is 1. The van der Waals surface area contributed by atoms with E-state index in [1.807, 2.05) is 37.4 Å². The minimum absolute atomic E-state index is 0.703. The number of nitrogens with one attached hydrogen (secondary N) is 1. The second-order valence-electron chi connectivity index (χ2n) is 3.14. The van der Waals surface area contributed by atoms with Gasteiger partial charge in [0.2, 0.25) is 0 Å². The van der Waals surface area contributed by atoms with Crippen molar-refractivity contribution in [3.05, 3.63) is 42.0 Å². The summed E-state index contributed by atoms with van der Waals surface area (Å²) in [5.41, 5.74) is 1.79. The lowest BCUT2D eigenvalue weighted by molar-refractivity contribution is 1.49. The van der Waals surface area contributed by atoms with E-state index in [4.69, 9.17) is 5.26 Å². The second kappa shape index (κ2) is 3.39. The molecule has 0 bridgehead atoms. The maximum Gasteiger partial charge on any atom is 0.0991 e. The molecule has 0 amide bonds. The summed E-state index contributed by atoms with van der Waals surface area (Å²) in [6.45, 7) is 0. The van der Waals surface area contributed by atoms with Crippen LogP contribution >= 0.6 is 0 Å². The lowest BCUT2D eigenvalue weighted by Gasteiger charge is -2.02. The van der Waals surface area contributed by atoms with Crippen LogP contribution < -0.4 is 5.32 Å². The summed E-state index contributed by atoms with van der Waals surface area (Å²) in [6, 6.07) is 13.9. The number of hydrogen-bond donors (Lipinski definition) is 1. The quantitative estimate of drug-likeness (QED) is 0.736. The van der Waals surface area contributed by atoms with Crippen molar-refractivity contribution in [3.8, 4) is 6.07 Å². The smallest absolute Gasteiger partial charge is 0.0991 e. The average molecular weight is 182 g/mol. The molecule has 2 aromatic rings. The average Bonchev–Trinajstić information content (AvgIpc) is 2.27. The molecule has 14 heavy (non-hydrogen) atoms. The molecule has 0 unspecified atom stereocenters. The Bertz CT molecular complexity index is 509. The molecule has 2 rings (SSSR count).